The van der Waals surface area contributed by atoms with Crippen LogP contribution < -0.4 is 10.2 Å². The van der Waals surface area contributed by atoms with Crippen LogP contribution in [0.5, 0.6) is 0 Å². The Hall–Kier alpha value is -2.59. The number of likely N-dealkylation sites (tertiary alicyclic amines) is 1. The molecule has 2 aliphatic heterocycles. The van der Waals surface area contributed by atoms with Gasteiger partial charge in [0.25, 0.3) is 5.91 Å². The predicted molar refractivity (Wildman–Crippen MR) is 117 cm³/mol. The summed E-state index contributed by atoms with van der Waals surface area (Å²) in [4.78, 5) is 17.0. The molecule has 4 rings (SSSR count). The van der Waals surface area contributed by atoms with E-state index in [4.69, 9.17) is 0 Å². The molecule has 146 valence electrons. The van der Waals surface area contributed by atoms with Crippen molar-refractivity contribution in [1.29, 1.82) is 0 Å². The molecule has 0 aliphatic carbocycles. The molecule has 2 aromatic carbocycles. The maximum atomic E-state index is 12.4. The Labute approximate surface area is 167 Å². The van der Waals surface area contributed by atoms with E-state index in [0.29, 0.717) is 0 Å². The third-order valence-electron chi connectivity index (χ3n) is 5.87. The number of nitrogens with zero attached hydrogens (tertiary/aromatic N) is 2. The first-order valence-corrected chi connectivity index (χ1v) is 10.3. The van der Waals surface area contributed by atoms with Crippen LogP contribution in [-0.2, 0) is 11.2 Å². The fourth-order valence-corrected chi connectivity index (χ4v) is 4.19. The second-order valence-electron chi connectivity index (χ2n) is 7.92. The smallest absolute Gasteiger partial charge is 0.257 e. The summed E-state index contributed by atoms with van der Waals surface area (Å²) in [7, 11) is 2.00. The standard InChI is InChI=1S/C24H29N3O/c1-18-7-6-8-22-23(18)21(24(28)25-22)17-26(2)20-11-9-19(10-12-20)13-16-27-14-4-3-5-15-27/h6-12,17H,3-5,13-16H2,1-2H3,(H,25,28). The Morgan fingerprint density at radius 2 is 1.82 bits per heavy atom. The lowest BCUT2D eigenvalue weighted by Crippen LogP contribution is -2.31. The highest BCUT2D eigenvalue weighted by molar-refractivity contribution is 6.32. The van der Waals surface area contributed by atoms with Gasteiger partial charge in [0, 0.05) is 36.7 Å². The predicted octanol–water partition coefficient (Wildman–Crippen LogP) is 4.45. The number of anilines is 2. The highest BCUT2D eigenvalue weighted by Gasteiger charge is 2.26. The van der Waals surface area contributed by atoms with Crippen molar-refractivity contribution in [2.75, 3.05) is 36.9 Å². The number of piperidine rings is 1. The summed E-state index contributed by atoms with van der Waals surface area (Å²) in [6.07, 6.45) is 7.11. The van der Waals surface area contributed by atoms with Gasteiger partial charge in [-0.3, -0.25) is 4.79 Å². The van der Waals surface area contributed by atoms with Gasteiger partial charge in [-0.25, -0.2) is 0 Å². The zero-order chi connectivity index (χ0) is 19.5. The van der Waals surface area contributed by atoms with Crippen molar-refractivity contribution in [2.24, 2.45) is 0 Å². The largest absolute Gasteiger partial charge is 0.350 e. The second-order valence-corrected chi connectivity index (χ2v) is 7.92. The van der Waals surface area contributed by atoms with E-state index in [1.807, 2.05) is 43.3 Å². The quantitative estimate of drug-likeness (QED) is 0.784. The molecule has 2 heterocycles. The van der Waals surface area contributed by atoms with Gasteiger partial charge in [-0.15, -0.1) is 0 Å². The normalized spacial score (nSPS) is 18.2. The minimum Gasteiger partial charge on any atom is -0.350 e. The van der Waals surface area contributed by atoms with Crippen LogP contribution in [0.25, 0.3) is 5.57 Å². The van der Waals surface area contributed by atoms with Crippen LogP contribution in [-0.4, -0.2) is 37.5 Å². The number of rotatable bonds is 5. The molecule has 2 aliphatic rings. The molecular formula is C24H29N3O. The van der Waals surface area contributed by atoms with Crippen LogP contribution in [0.4, 0.5) is 11.4 Å². The summed E-state index contributed by atoms with van der Waals surface area (Å²) < 4.78 is 0. The summed E-state index contributed by atoms with van der Waals surface area (Å²) in [5, 5.41) is 2.96. The minimum absolute atomic E-state index is 0.0331. The van der Waals surface area contributed by atoms with Crippen LogP contribution in [0.1, 0.15) is 36.0 Å². The molecule has 0 atom stereocenters. The van der Waals surface area contributed by atoms with Crippen LogP contribution >= 0.6 is 0 Å². The molecule has 0 unspecified atom stereocenters. The van der Waals surface area contributed by atoms with Gasteiger partial charge in [0.15, 0.2) is 0 Å². The molecule has 1 fully saturated rings. The molecule has 4 heteroatoms. The van der Waals surface area contributed by atoms with Crippen molar-refractivity contribution >= 4 is 22.9 Å². The van der Waals surface area contributed by atoms with Crippen molar-refractivity contribution in [1.82, 2.24) is 4.90 Å². The van der Waals surface area contributed by atoms with Gasteiger partial charge in [-0.2, -0.15) is 0 Å². The Bertz CT molecular complexity index is 879. The number of carbonyl (C=O) groups is 1. The van der Waals surface area contributed by atoms with Gasteiger partial charge in [0.1, 0.15) is 0 Å². The Kier molecular flexibility index (Phi) is 5.49. The summed E-state index contributed by atoms with van der Waals surface area (Å²) in [6.45, 7) is 5.69. The number of amides is 1. The fourth-order valence-electron chi connectivity index (χ4n) is 4.19. The molecule has 1 saturated heterocycles. The maximum Gasteiger partial charge on any atom is 0.257 e. The van der Waals surface area contributed by atoms with E-state index in [2.05, 4.69) is 34.5 Å². The van der Waals surface area contributed by atoms with E-state index in [9.17, 15) is 4.79 Å². The average Bonchev–Trinajstić information content (AvgIpc) is 3.04. The lowest BCUT2D eigenvalue weighted by Gasteiger charge is -2.26. The molecule has 2 aromatic rings. The topological polar surface area (TPSA) is 35.6 Å². The van der Waals surface area contributed by atoms with Crippen molar-refractivity contribution in [3.8, 4) is 0 Å². The van der Waals surface area contributed by atoms with Gasteiger partial charge in [-0.1, -0.05) is 30.7 Å². The van der Waals surface area contributed by atoms with Crippen molar-refractivity contribution in [3.63, 3.8) is 0 Å². The Morgan fingerprint density at radius 1 is 1.07 bits per heavy atom. The maximum absolute atomic E-state index is 12.4. The molecule has 0 spiro atoms. The summed E-state index contributed by atoms with van der Waals surface area (Å²) in [5.74, 6) is -0.0331. The van der Waals surface area contributed by atoms with Gasteiger partial charge >= 0.3 is 0 Å². The van der Waals surface area contributed by atoms with E-state index in [0.717, 1.165) is 41.0 Å². The molecule has 28 heavy (non-hydrogen) atoms. The van der Waals surface area contributed by atoms with Crippen LogP contribution in [0, 0.1) is 6.92 Å². The average molecular weight is 376 g/mol. The first kappa shape index (κ1) is 18.8. The molecule has 0 aromatic heterocycles. The number of aryl methyl sites for hydroxylation is 1. The van der Waals surface area contributed by atoms with E-state index in [1.54, 1.807) is 0 Å². The number of nitrogens with one attached hydrogen (secondary N) is 1. The second kappa shape index (κ2) is 8.19. The SMILES string of the molecule is Cc1cccc2c1C(=CN(C)c1ccc(CCN3CCCCC3)cc1)C(=O)N2. The highest BCUT2D eigenvalue weighted by atomic mass is 16.2. The highest BCUT2D eigenvalue weighted by Crippen LogP contribution is 2.34. The summed E-state index contributed by atoms with van der Waals surface area (Å²) in [5.41, 5.74) is 6.21. The zero-order valence-corrected chi connectivity index (χ0v) is 16.9. The number of fused-ring (bicyclic) bond motifs is 1. The van der Waals surface area contributed by atoms with Gasteiger partial charge < -0.3 is 15.1 Å². The van der Waals surface area contributed by atoms with E-state index in [-0.39, 0.29) is 5.91 Å². The Balaban J connectivity index is 1.45. The van der Waals surface area contributed by atoms with Crippen LogP contribution in [0.3, 0.4) is 0 Å². The Morgan fingerprint density at radius 3 is 2.57 bits per heavy atom. The molecule has 4 nitrogen and oxygen atoms in total. The van der Waals surface area contributed by atoms with Crippen molar-refractivity contribution < 1.29 is 4.79 Å². The summed E-state index contributed by atoms with van der Waals surface area (Å²) in [6, 6.07) is 14.7. The molecule has 0 bridgehead atoms. The van der Waals surface area contributed by atoms with E-state index < -0.39 is 0 Å². The summed E-state index contributed by atoms with van der Waals surface area (Å²) >= 11 is 0. The first-order chi connectivity index (χ1) is 13.6. The minimum atomic E-state index is -0.0331. The first-order valence-electron chi connectivity index (χ1n) is 10.3. The number of hydrogen-bond donors (Lipinski definition) is 1. The lowest BCUT2D eigenvalue weighted by molar-refractivity contribution is -0.110. The lowest BCUT2D eigenvalue weighted by atomic mass is 10.0. The van der Waals surface area contributed by atoms with Crippen LogP contribution in [0.15, 0.2) is 48.7 Å². The number of hydrogen-bond acceptors (Lipinski definition) is 3. The van der Waals surface area contributed by atoms with Crippen molar-refractivity contribution in [3.05, 3.63) is 65.4 Å². The fraction of sp³-hybridized carbons (Fsp3) is 0.375. The van der Waals surface area contributed by atoms with E-state index in [1.165, 1.54) is 37.9 Å². The number of benzene rings is 2. The zero-order valence-electron chi connectivity index (χ0n) is 16.9. The van der Waals surface area contributed by atoms with Crippen molar-refractivity contribution in [2.45, 2.75) is 32.6 Å². The number of carbonyl (C=O) groups excluding carboxylic acids is 1. The molecule has 0 radical (unpaired) electrons. The van der Waals surface area contributed by atoms with E-state index >= 15 is 0 Å². The molecule has 1 N–H and O–H groups in total. The van der Waals surface area contributed by atoms with Gasteiger partial charge in [0.2, 0.25) is 0 Å². The third kappa shape index (κ3) is 3.97. The molecule has 1 amide bonds. The van der Waals surface area contributed by atoms with Crippen LogP contribution in [0.2, 0.25) is 0 Å². The molecular weight excluding hydrogens is 346 g/mol. The van der Waals surface area contributed by atoms with Gasteiger partial charge in [-0.05, 0) is 68.6 Å². The monoisotopic (exact) mass is 375 g/mol. The molecule has 0 saturated carbocycles. The van der Waals surface area contributed by atoms with Gasteiger partial charge in [0.05, 0.1) is 5.57 Å². The third-order valence-corrected chi connectivity index (χ3v) is 5.87.